The summed E-state index contributed by atoms with van der Waals surface area (Å²) in [6, 6.07) is 3.96. The third kappa shape index (κ3) is 2.12. The average Bonchev–Trinajstić information content (AvgIpc) is 3.09. The maximum Gasteiger partial charge on any atom is 0.133 e. The fourth-order valence-electron chi connectivity index (χ4n) is 1.78. The lowest BCUT2D eigenvalue weighted by molar-refractivity contribution is 1.04. The first-order chi connectivity index (χ1) is 8.86. The highest BCUT2D eigenvalue weighted by molar-refractivity contribution is 8.08. The van der Waals surface area contributed by atoms with Crippen molar-refractivity contribution in [3.63, 3.8) is 0 Å². The predicted octanol–water partition coefficient (Wildman–Crippen LogP) is 1.77. The quantitative estimate of drug-likeness (QED) is 0.879. The first-order valence-electron chi connectivity index (χ1n) is 5.62. The minimum absolute atomic E-state index is 0.537. The Labute approximate surface area is 109 Å². The maximum absolute atomic E-state index is 5.64. The Morgan fingerprint density at radius 2 is 2.44 bits per heavy atom. The molecule has 0 radical (unpaired) electrons. The molecule has 0 amide bonds. The summed E-state index contributed by atoms with van der Waals surface area (Å²) >= 11 is 1.77. The van der Waals surface area contributed by atoms with Gasteiger partial charge in [0, 0.05) is 35.6 Å². The van der Waals surface area contributed by atoms with Gasteiger partial charge in [0.1, 0.15) is 5.82 Å². The van der Waals surface area contributed by atoms with E-state index in [1.54, 1.807) is 18.0 Å². The van der Waals surface area contributed by atoms with Crippen molar-refractivity contribution >= 4 is 22.5 Å². The number of aromatic nitrogens is 3. The summed E-state index contributed by atoms with van der Waals surface area (Å²) in [5.74, 6) is 1.80. The third-order valence-electron chi connectivity index (χ3n) is 2.75. The molecule has 5 nitrogen and oxygen atoms in total. The van der Waals surface area contributed by atoms with E-state index in [0.717, 1.165) is 22.8 Å². The van der Waals surface area contributed by atoms with Crippen molar-refractivity contribution in [3.05, 3.63) is 48.1 Å². The molecule has 0 atom stereocenters. The summed E-state index contributed by atoms with van der Waals surface area (Å²) in [7, 11) is 0. The number of H-pyrrole nitrogens is 1. The Kier molecular flexibility index (Phi) is 3.04. The molecule has 2 aromatic heterocycles. The summed E-state index contributed by atoms with van der Waals surface area (Å²) in [5.41, 5.74) is 7.84. The second kappa shape index (κ2) is 4.83. The van der Waals surface area contributed by atoms with Gasteiger partial charge in [-0.1, -0.05) is 0 Å². The van der Waals surface area contributed by atoms with E-state index in [1.165, 1.54) is 4.91 Å². The molecule has 2 aromatic rings. The number of hydrogen-bond acceptors (Lipinski definition) is 5. The van der Waals surface area contributed by atoms with Crippen molar-refractivity contribution in [3.8, 4) is 0 Å². The van der Waals surface area contributed by atoms with Crippen molar-refractivity contribution in [2.45, 2.75) is 6.54 Å². The molecule has 6 heteroatoms. The number of anilines is 1. The third-order valence-corrected chi connectivity index (χ3v) is 3.81. The molecule has 3 rings (SSSR count). The molecule has 1 aliphatic rings. The van der Waals surface area contributed by atoms with Crippen LogP contribution in [0.25, 0.3) is 4.91 Å². The first kappa shape index (κ1) is 11.3. The molecule has 0 unspecified atom stereocenters. The van der Waals surface area contributed by atoms with Crippen molar-refractivity contribution in [2.24, 2.45) is 5.73 Å². The highest BCUT2D eigenvalue weighted by atomic mass is 32.2. The highest BCUT2D eigenvalue weighted by Gasteiger charge is 2.17. The zero-order chi connectivity index (χ0) is 12.4. The number of pyridine rings is 1. The van der Waals surface area contributed by atoms with E-state index in [9.17, 15) is 0 Å². The topological polar surface area (TPSA) is 70.8 Å². The highest BCUT2D eigenvalue weighted by Crippen LogP contribution is 2.35. The number of nitrogens with zero attached hydrogens (tertiary/aromatic N) is 3. The molecule has 0 aliphatic carbocycles. The van der Waals surface area contributed by atoms with Crippen molar-refractivity contribution in [1.29, 1.82) is 0 Å². The molecule has 1 aliphatic heterocycles. The zero-order valence-electron chi connectivity index (χ0n) is 9.71. The van der Waals surface area contributed by atoms with Gasteiger partial charge >= 0.3 is 0 Å². The largest absolute Gasteiger partial charge is 0.326 e. The monoisotopic (exact) mass is 259 g/mol. The molecule has 0 spiro atoms. The van der Waals surface area contributed by atoms with Crippen molar-refractivity contribution in [2.75, 3.05) is 10.8 Å². The summed E-state index contributed by atoms with van der Waals surface area (Å²) < 4.78 is 0. The van der Waals surface area contributed by atoms with Gasteiger partial charge in [-0.15, -0.1) is 11.8 Å². The summed E-state index contributed by atoms with van der Waals surface area (Å²) in [5, 5.41) is 6.79. The molecular formula is C12H13N5S. The van der Waals surface area contributed by atoms with Crippen LogP contribution in [0.5, 0.6) is 0 Å². The van der Waals surface area contributed by atoms with Crippen LogP contribution in [0.15, 0.2) is 36.9 Å². The Morgan fingerprint density at radius 3 is 3.22 bits per heavy atom. The van der Waals surface area contributed by atoms with Gasteiger partial charge in [0.05, 0.1) is 12.1 Å². The molecule has 3 N–H and O–H groups in total. The van der Waals surface area contributed by atoms with Crippen LogP contribution in [0.4, 0.5) is 5.82 Å². The minimum Gasteiger partial charge on any atom is -0.326 e. The van der Waals surface area contributed by atoms with Crippen LogP contribution in [0.3, 0.4) is 0 Å². The SMILES string of the molecule is NCc1ccnc(N2C=C(c3cn[nH]c3)SC2)c1. The Bertz CT molecular complexity index is 564. The van der Waals surface area contributed by atoms with Gasteiger partial charge in [0.25, 0.3) is 0 Å². The van der Waals surface area contributed by atoms with E-state index in [-0.39, 0.29) is 0 Å². The molecule has 0 saturated heterocycles. The lowest BCUT2D eigenvalue weighted by atomic mass is 10.2. The number of rotatable bonds is 3. The first-order valence-corrected chi connectivity index (χ1v) is 6.61. The van der Waals surface area contributed by atoms with Gasteiger partial charge in [-0.25, -0.2) is 4.98 Å². The second-order valence-corrected chi connectivity index (χ2v) is 4.94. The Balaban J connectivity index is 1.86. The van der Waals surface area contributed by atoms with Gasteiger partial charge in [0.2, 0.25) is 0 Å². The predicted molar refractivity (Wildman–Crippen MR) is 73.6 cm³/mol. The van der Waals surface area contributed by atoms with Crippen molar-refractivity contribution < 1.29 is 0 Å². The summed E-state index contributed by atoms with van der Waals surface area (Å²) in [6.45, 7) is 0.537. The fraction of sp³-hybridized carbons (Fsp3) is 0.167. The lowest BCUT2D eigenvalue weighted by Gasteiger charge is -2.13. The van der Waals surface area contributed by atoms with Crippen LogP contribution >= 0.6 is 11.8 Å². The number of aromatic amines is 1. The minimum atomic E-state index is 0.537. The van der Waals surface area contributed by atoms with Gasteiger partial charge in [0.15, 0.2) is 0 Å². The zero-order valence-corrected chi connectivity index (χ0v) is 10.5. The molecule has 0 aromatic carbocycles. The molecule has 0 saturated carbocycles. The second-order valence-electron chi connectivity index (χ2n) is 3.95. The summed E-state index contributed by atoms with van der Waals surface area (Å²) in [6.07, 6.45) is 7.61. The van der Waals surface area contributed by atoms with E-state index in [0.29, 0.717) is 6.54 Å². The van der Waals surface area contributed by atoms with Crippen LogP contribution in [0.2, 0.25) is 0 Å². The van der Waals surface area contributed by atoms with E-state index >= 15 is 0 Å². The van der Waals surface area contributed by atoms with Crippen LogP contribution in [0, 0.1) is 0 Å². The number of nitrogens with two attached hydrogens (primary N) is 1. The van der Waals surface area contributed by atoms with E-state index in [1.807, 2.05) is 24.5 Å². The Hall–Kier alpha value is -1.79. The fourth-order valence-corrected chi connectivity index (χ4v) is 2.74. The maximum atomic E-state index is 5.64. The van der Waals surface area contributed by atoms with E-state index in [4.69, 9.17) is 5.73 Å². The van der Waals surface area contributed by atoms with Crippen LogP contribution < -0.4 is 10.6 Å². The van der Waals surface area contributed by atoms with Crippen LogP contribution in [0.1, 0.15) is 11.1 Å². The molecule has 92 valence electrons. The van der Waals surface area contributed by atoms with E-state index < -0.39 is 0 Å². The van der Waals surface area contributed by atoms with Gasteiger partial charge in [-0.3, -0.25) is 5.10 Å². The number of thioether (sulfide) groups is 1. The van der Waals surface area contributed by atoms with Gasteiger partial charge < -0.3 is 10.6 Å². The average molecular weight is 259 g/mol. The van der Waals surface area contributed by atoms with Gasteiger partial charge in [-0.05, 0) is 17.7 Å². The molecule has 0 bridgehead atoms. The lowest BCUT2D eigenvalue weighted by Crippen LogP contribution is -2.13. The normalized spacial score (nSPS) is 14.9. The van der Waals surface area contributed by atoms with Crippen LogP contribution in [-0.2, 0) is 6.54 Å². The molecule has 0 fully saturated rings. The smallest absolute Gasteiger partial charge is 0.133 e. The standard InChI is InChI=1S/C12H13N5S/c13-4-9-1-2-14-12(3-9)17-7-11(18-8-17)10-5-15-16-6-10/h1-3,5-7H,4,8,13H2,(H,15,16). The van der Waals surface area contributed by atoms with Crippen molar-refractivity contribution in [1.82, 2.24) is 15.2 Å². The number of hydrogen-bond donors (Lipinski definition) is 2. The van der Waals surface area contributed by atoms with Crippen LogP contribution in [-0.4, -0.2) is 21.1 Å². The Morgan fingerprint density at radius 1 is 1.50 bits per heavy atom. The van der Waals surface area contributed by atoms with E-state index in [2.05, 4.69) is 26.3 Å². The summed E-state index contributed by atoms with van der Waals surface area (Å²) in [4.78, 5) is 7.69. The molecule has 3 heterocycles. The molecular weight excluding hydrogens is 246 g/mol. The van der Waals surface area contributed by atoms with Gasteiger partial charge in [-0.2, -0.15) is 5.10 Å². The molecule has 18 heavy (non-hydrogen) atoms. The number of nitrogens with one attached hydrogen (secondary N) is 1.